The molecule has 0 aliphatic carbocycles. The Labute approximate surface area is 205 Å². The van der Waals surface area contributed by atoms with Crippen molar-refractivity contribution in [2.24, 2.45) is 0 Å². The second kappa shape index (κ2) is 12.3. The predicted octanol–water partition coefficient (Wildman–Crippen LogP) is 3.06. The minimum absolute atomic E-state index is 0.155. The maximum absolute atomic E-state index is 12.1. The van der Waals surface area contributed by atoms with Crippen molar-refractivity contribution < 1.29 is 4.79 Å². The van der Waals surface area contributed by atoms with Crippen LogP contribution in [0.15, 0.2) is 60.9 Å². The number of benzene rings is 1. The Morgan fingerprint density at radius 3 is 2.68 bits per heavy atom. The lowest BCUT2D eigenvalue weighted by Crippen LogP contribution is -2.49. The van der Waals surface area contributed by atoms with Crippen molar-refractivity contribution in [1.29, 1.82) is 0 Å². The predicted molar refractivity (Wildman–Crippen MR) is 138 cm³/mol. The molecule has 3 heterocycles. The third-order valence-electron chi connectivity index (χ3n) is 5.56. The van der Waals surface area contributed by atoms with Crippen molar-refractivity contribution in [3.8, 4) is 11.1 Å². The number of pyridine rings is 2. The number of aromatic nitrogens is 2. The van der Waals surface area contributed by atoms with Crippen LogP contribution in [0.1, 0.15) is 5.56 Å². The first-order valence-corrected chi connectivity index (χ1v) is 12.0. The minimum atomic E-state index is 0.155. The van der Waals surface area contributed by atoms with Gasteiger partial charge >= 0.3 is 0 Å². The van der Waals surface area contributed by atoms with Crippen LogP contribution in [0, 0.1) is 0 Å². The van der Waals surface area contributed by atoms with Gasteiger partial charge in [-0.05, 0) is 47.5 Å². The molecule has 34 heavy (non-hydrogen) atoms. The van der Waals surface area contributed by atoms with Gasteiger partial charge in [0.15, 0.2) is 0 Å². The van der Waals surface area contributed by atoms with E-state index in [2.05, 4.69) is 31.2 Å². The number of nitrogens with one attached hydrogen (secondary N) is 4. The number of alkyl halides is 1. The first-order chi connectivity index (χ1) is 16.7. The van der Waals surface area contributed by atoms with E-state index < -0.39 is 0 Å². The minimum Gasteiger partial charge on any atom is -0.369 e. The monoisotopic (exact) mass is 479 g/mol. The highest BCUT2D eigenvalue weighted by atomic mass is 35.5. The molecule has 1 aliphatic heterocycles. The van der Waals surface area contributed by atoms with Gasteiger partial charge in [-0.1, -0.05) is 12.1 Å². The zero-order chi connectivity index (χ0) is 23.6. The van der Waals surface area contributed by atoms with Gasteiger partial charge in [0, 0.05) is 68.8 Å². The standard InChI is InChI=1S/C25H30ClN7O/c26-16-19-2-1-3-22(14-19)32-24-15-20(6-7-29-24)21-4-5-23(31-17-21)30-9-8-28-18-25(34)33-12-10-27-11-13-33/h1-7,14-15,17,27-28H,8-13,16,18H2,(H,29,32)(H,30,31). The van der Waals surface area contributed by atoms with E-state index in [0.717, 1.165) is 60.2 Å². The molecule has 178 valence electrons. The second-order valence-electron chi connectivity index (χ2n) is 8.06. The lowest BCUT2D eigenvalue weighted by atomic mass is 10.1. The molecule has 1 aromatic carbocycles. The molecule has 4 N–H and O–H groups in total. The van der Waals surface area contributed by atoms with Crippen LogP contribution >= 0.6 is 11.6 Å². The Kier molecular flexibility index (Phi) is 8.67. The molecule has 0 unspecified atom stereocenters. The van der Waals surface area contributed by atoms with E-state index in [4.69, 9.17) is 11.6 Å². The topological polar surface area (TPSA) is 94.2 Å². The summed E-state index contributed by atoms with van der Waals surface area (Å²) in [5.41, 5.74) is 4.03. The van der Waals surface area contributed by atoms with Gasteiger partial charge in [0.2, 0.25) is 5.91 Å². The molecular weight excluding hydrogens is 450 g/mol. The summed E-state index contributed by atoms with van der Waals surface area (Å²) < 4.78 is 0. The number of piperazine rings is 1. The fraction of sp³-hybridized carbons (Fsp3) is 0.320. The fourth-order valence-corrected chi connectivity index (χ4v) is 3.89. The summed E-state index contributed by atoms with van der Waals surface area (Å²) in [4.78, 5) is 23.0. The number of rotatable bonds is 10. The van der Waals surface area contributed by atoms with Crippen LogP contribution in [-0.4, -0.2) is 66.6 Å². The van der Waals surface area contributed by atoms with Gasteiger partial charge in [-0.15, -0.1) is 11.6 Å². The van der Waals surface area contributed by atoms with Crippen molar-refractivity contribution in [3.05, 3.63) is 66.5 Å². The molecule has 8 nitrogen and oxygen atoms in total. The van der Waals surface area contributed by atoms with Crippen LogP contribution in [0.3, 0.4) is 0 Å². The molecule has 1 fully saturated rings. The molecule has 0 spiro atoms. The third-order valence-corrected chi connectivity index (χ3v) is 5.87. The summed E-state index contributed by atoms with van der Waals surface area (Å²) in [6.07, 6.45) is 3.62. The van der Waals surface area contributed by atoms with Crippen LogP contribution in [-0.2, 0) is 10.7 Å². The van der Waals surface area contributed by atoms with E-state index in [1.165, 1.54) is 0 Å². The first kappa shape index (κ1) is 23.9. The number of nitrogens with zero attached hydrogens (tertiary/aromatic N) is 3. The van der Waals surface area contributed by atoms with Crippen molar-refractivity contribution in [2.45, 2.75) is 5.88 Å². The van der Waals surface area contributed by atoms with Crippen LogP contribution in [0.4, 0.5) is 17.3 Å². The van der Waals surface area contributed by atoms with Gasteiger partial charge < -0.3 is 26.2 Å². The molecule has 0 atom stereocenters. The van der Waals surface area contributed by atoms with E-state index >= 15 is 0 Å². The zero-order valence-corrected chi connectivity index (χ0v) is 19.8. The highest BCUT2D eigenvalue weighted by Gasteiger charge is 2.15. The average molecular weight is 480 g/mol. The summed E-state index contributed by atoms with van der Waals surface area (Å²) in [6.45, 7) is 5.04. The first-order valence-electron chi connectivity index (χ1n) is 11.5. The SMILES string of the molecule is O=C(CNCCNc1ccc(-c2ccnc(Nc3cccc(CCl)c3)c2)cn1)N1CCNCC1. The number of anilines is 3. The smallest absolute Gasteiger partial charge is 0.236 e. The van der Waals surface area contributed by atoms with E-state index in [9.17, 15) is 4.79 Å². The van der Waals surface area contributed by atoms with Crippen LogP contribution < -0.4 is 21.3 Å². The maximum Gasteiger partial charge on any atom is 0.236 e. The summed E-state index contributed by atoms with van der Waals surface area (Å²) in [5.74, 6) is 2.18. The number of hydrogen-bond donors (Lipinski definition) is 4. The molecule has 1 aliphatic rings. The average Bonchev–Trinajstić information content (AvgIpc) is 2.89. The third kappa shape index (κ3) is 6.90. The molecule has 4 rings (SSSR count). The van der Waals surface area contributed by atoms with Gasteiger partial charge in [-0.2, -0.15) is 0 Å². The van der Waals surface area contributed by atoms with E-state index in [0.29, 0.717) is 25.5 Å². The second-order valence-corrected chi connectivity index (χ2v) is 8.32. The molecule has 3 aromatic rings. The highest BCUT2D eigenvalue weighted by Crippen LogP contribution is 2.24. The molecule has 2 aromatic heterocycles. The van der Waals surface area contributed by atoms with Gasteiger partial charge in [0.05, 0.1) is 6.54 Å². The lowest BCUT2D eigenvalue weighted by Gasteiger charge is -2.27. The Hall–Kier alpha value is -3.20. The number of carbonyl (C=O) groups is 1. The van der Waals surface area contributed by atoms with Gasteiger partial charge in [-0.25, -0.2) is 9.97 Å². The largest absolute Gasteiger partial charge is 0.369 e. The van der Waals surface area contributed by atoms with Crippen molar-refractivity contribution in [1.82, 2.24) is 25.5 Å². The van der Waals surface area contributed by atoms with E-state index in [-0.39, 0.29) is 5.91 Å². The van der Waals surface area contributed by atoms with E-state index in [1.54, 1.807) is 6.20 Å². The summed E-state index contributed by atoms with van der Waals surface area (Å²) in [5, 5.41) is 13.1. The fourth-order valence-electron chi connectivity index (χ4n) is 3.73. The normalized spacial score (nSPS) is 13.5. The molecular formula is C25H30ClN7O. The van der Waals surface area contributed by atoms with Crippen LogP contribution in [0.5, 0.6) is 0 Å². The van der Waals surface area contributed by atoms with Crippen LogP contribution in [0.2, 0.25) is 0 Å². The van der Waals surface area contributed by atoms with Gasteiger partial charge in [0.25, 0.3) is 0 Å². The zero-order valence-electron chi connectivity index (χ0n) is 19.1. The number of carbonyl (C=O) groups excluding carboxylic acids is 1. The number of halogens is 1. The molecule has 0 saturated carbocycles. The van der Waals surface area contributed by atoms with Gasteiger partial charge in [-0.3, -0.25) is 4.79 Å². The summed E-state index contributed by atoms with van der Waals surface area (Å²) in [7, 11) is 0. The Bertz CT molecular complexity index is 1070. The summed E-state index contributed by atoms with van der Waals surface area (Å²) in [6, 6.07) is 15.9. The lowest BCUT2D eigenvalue weighted by molar-refractivity contribution is -0.130. The highest BCUT2D eigenvalue weighted by molar-refractivity contribution is 6.17. The Morgan fingerprint density at radius 1 is 1.00 bits per heavy atom. The number of hydrogen-bond acceptors (Lipinski definition) is 7. The molecule has 1 amide bonds. The Balaban J connectivity index is 1.24. The molecule has 1 saturated heterocycles. The van der Waals surface area contributed by atoms with Crippen molar-refractivity contribution in [2.75, 3.05) is 56.4 Å². The molecule has 0 bridgehead atoms. The van der Waals surface area contributed by atoms with Crippen molar-refractivity contribution in [3.63, 3.8) is 0 Å². The maximum atomic E-state index is 12.1. The molecule has 0 radical (unpaired) electrons. The Morgan fingerprint density at radius 2 is 1.88 bits per heavy atom. The van der Waals surface area contributed by atoms with E-state index in [1.807, 2.05) is 59.6 Å². The quantitative estimate of drug-likeness (QED) is 0.262. The van der Waals surface area contributed by atoms with Crippen molar-refractivity contribution >= 4 is 34.8 Å². The van der Waals surface area contributed by atoms with Gasteiger partial charge in [0.1, 0.15) is 11.6 Å². The molecule has 9 heteroatoms. The number of amides is 1. The van der Waals surface area contributed by atoms with Crippen LogP contribution in [0.25, 0.3) is 11.1 Å². The summed E-state index contributed by atoms with van der Waals surface area (Å²) >= 11 is 5.93.